The van der Waals surface area contributed by atoms with Crippen molar-refractivity contribution in [2.24, 2.45) is 5.14 Å². The van der Waals surface area contributed by atoms with Gasteiger partial charge >= 0.3 is 0 Å². The molecule has 0 unspecified atom stereocenters. The molecule has 0 amide bonds. The lowest BCUT2D eigenvalue weighted by Gasteiger charge is -2.21. The van der Waals surface area contributed by atoms with E-state index in [0.717, 1.165) is 25.2 Å². The minimum Gasteiger partial charge on any atom is -0.397 e. The van der Waals surface area contributed by atoms with Gasteiger partial charge in [0.15, 0.2) is 0 Å². The van der Waals surface area contributed by atoms with Crippen molar-refractivity contribution in [3.05, 3.63) is 18.2 Å². The van der Waals surface area contributed by atoms with E-state index in [4.69, 9.17) is 10.9 Å². The van der Waals surface area contributed by atoms with Gasteiger partial charge in [0.25, 0.3) is 0 Å². The molecule has 0 aliphatic carbocycles. The van der Waals surface area contributed by atoms with E-state index in [2.05, 4.69) is 5.32 Å². The van der Waals surface area contributed by atoms with Crippen molar-refractivity contribution >= 4 is 21.4 Å². The summed E-state index contributed by atoms with van der Waals surface area (Å²) in [5.41, 5.74) is 7.06. The standard InChI is InChI=1S/C11H20N4O2S/c1-14-6-3-7-15(2)11-5-4-9(8-10(11)12)18(13,16)17/h4-5,8,14H,3,6-7,12H2,1-2H3,(H2,13,16,17). The highest BCUT2D eigenvalue weighted by Gasteiger charge is 2.11. The summed E-state index contributed by atoms with van der Waals surface area (Å²) in [6.07, 6.45) is 0.976. The summed E-state index contributed by atoms with van der Waals surface area (Å²) in [5, 5.41) is 8.11. The zero-order valence-corrected chi connectivity index (χ0v) is 11.5. The van der Waals surface area contributed by atoms with Crippen LogP contribution in [-0.2, 0) is 10.0 Å². The topological polar surface area (TPSA) is 101 Å². The van der Waals surface area contributed by atoms with Crippen LogP contribution in [0.5, 0.6) is 0 Å². The third-order valence-electron chi connectivity index (χ3n) is 2.66. The smallest absolute Gasteiger partial charge is 0.238 e. The van der Waals surface area contributed by atoms with Crippen molar-refractivity contribution in [3.8, 4) is 0 Å². The second-order valence-corrected chi connectivity index (χ2v) is 5.71. The first kappa shape index (κ1) is 14.7. The van der Waals surface area contributed by atoms with E-state index in [1.54, 1.807) is 6.07 Å². The Morgan fingerprint density at radius 3 is 2.56 bits per heavy atom. The highest BCUT2D eigenvalue weighted by Crippen LogP contribution is 2.24. The molecule has 0 fully saturated rings. The summed E-state index contributed by atoms with van der Waals surface area (Å²) in [7, 11) is 0.116. The number of nitrogens with zero attached hydrogens (tertiary/aromatic N) is 1. The molecular weight excluding hydrogens is 252 g/mol. The van der Waals surface area contributed by atoms with Crippen molar-refractivity contribution in [2.45, 2.75) is 11.3 Å². The van der Waals surface area contributed by atoms with Crippen molar-refractivity contribution < 1.29 is 8.42 Å². The molecule has 1 rings (SSSR count). The van der Waals surface area contributed by atoms with E-state index >= 15 is 0 Å². The highest BCUT2D eigenvalue weighted by atomic mass is 32.2. The first-order valence-corrected chi connectivity index (χ1v) is 7.19. The third kappa shape index (κ3) is 3.86. The van der Waals surface area contributed by atoms with E-state index in [-0.39, 0.29) is 4.90 Å². The summed E-state index contributed by atoms with van der Waals surface area (Å²) >= 11 is 0. The molecule has 6 nitrogen and oxygen atoms in total. The van der Waals surface area contributed by atoms with Crippen LogP contribution < -0.4 is 21.1 Å². The van der Waals surface area contributed by atoms with Gasteiger partial charge in [0.2, 0.25) is 10.0 Å². The lowest BCUT2D eigenvalue weighted by molar-refractivity contribution is 0.598. The number of nitrogen functional groups attached to an aromatic ring is 1. The minimum atomic E-state index is -3.70. The van der Waals surface area contributed by atoms with Crippen LogP contribution in [0.1, 0.15) is 6.42 Å². The number of benzene rings is 1. The molecule has 1 aromatic carbocycles. The van der Waals surface area contributed by atoms with Crippen LogP contribution in [0.3, 0.4) is 0 Å². The molecule has 102 valence electrons. The number of rotatable bonds is 6. The molecule has 0 spiro atoms. The van der Waals surface area contributed by atoms with Gasteiger partial charge < -0.3 is 16.0 Å². The number of hydrogen-bond acceptors (Lipinski definition) is 5. The molecule has 0 atom stereocenters. The van der Waals surface area contributed by atoms with E-state index in [9.17, 15) is 8.42 Å². The zero-order valence-electron chi connectivity index (χ0n) is 10.7. The number of nitrogens with two attached hydrogens (primary N) is 2. The molecule has 0 aromatic heterocycles. The third-order valence-corrected chi connectivity index (χ3v) is 3.57. The molecule has 0 radical (unpaired) electrons. The van der Waals surface area contributed by atoms with Gasteiger partial charge in [0, 0.05) is 13.6 Å². The molecule has 0 aliphatic heterocycles. The fourth-order valence-corrected chi connectivity index (χ4v) is 2.22. The Bertz CT molecular complexity index is 502. The second-order valence-electron chi connectivity index (χ2n) is 4.14. The molecule has 0 bridgehead atoms. The molecule has 0 saturated carbocycles. The van der Waals surface area contributed by atoms with E-state index in [1.165, 1.54) is 12.1 Å². The number of hydrogen-bond donors (Lipinski definition) is 3. The SMILES string of the molecule is CNCCCN(C)c1ccc(S(N)(=O)=O)cc1N. The Labute approximate surface area is 108 Å². The average Bonchev–Trinajstić information content (AvgIpc) is 2.27. The molecule has 5 N–H and O–H groups in total. The Morgan fingerprint density at radius 1 is 1.39 bits per heavy atom. The first-order valence-electron chi connectivity index (χ1n) is 5.64. The van der Waals surface area contributed by atoms with Crippen LogP contribution in [-0.4, -0.2) is 35.6 Å². The largest absolute Gasteiger partial charge is 0.397 e. The van der Waals surface area contributed by atoms with Crippen LogP contribution in [0, 0.1) is 0 Å². The van der Waals surface area contributed by atoms with Crippen molar-refractivity contribution in [3.63, 3.8) is 0 Å². The van der Waals surface area contributed by atoms with Crippen molar-refractivity contribution in [1.82, 2.24) is 5.32 Å². The number of anilines is 2. The maximum absolute atomic E-state index is 11.2. The molecule has 0 aliphatic rings. The highest BCUT2D eigenvalue weighted by molar-refractivity contribution is 7.89. The van der Waals surface area contributed by atoms with Crippen LogP contribution in [0.2, 0.25) is 0 Å². The van der Waals surface area contributed by atoms with Gasteiger partial charge in [-0.25, -0.2) is 13.6 Å². The molecular formula is C11H20N4O2S. The predicted octanol–water partition coefficient (Wildman–Crippen LogP) is -0.0381. The molecule has 1 aromatic rings. The van der Waals surface area contributed by atoms with Gasteiger partial charge in [0.05, 0.1) is 16.3 Å². The van der Waals surface area contributed by atoms with Gasteiger partial charge in [0.1, 0.15) is 0 Å². The zero-order chi connectivity index (χ0) is 13.8. The Kier molecular flexibility index (Phi) is 4.94. The quantitative estimate of drug-likeness (QED) is 0.498. The van der Waals surface area contributed by atoms with E-state index in [1.807, 2.05) is 19.0 Å². The first-order chi connectivity index (χ1) is 8.36. The van der Waals surface area contributed by atoms with Crippen molar-refractivity contribution in [2.75, 3.05) is 37.8 Å². The molecule has 18 heavy (non-hydrogen) atoms. The molecule has 0 heterocycles. The van der Waals surface area contributed by atoms with Crippen LogP contribution in [0.25, 0.3) is 0 Å². The number of nitrogens with one attached hydrogen (secondary N) is 1. The Morgan fingerprint density at radius 2 is 2.06 bits per heavy atom. The summed E-state index contributed by atoms with van der Waals surface area (Å²) in [6, 6.07) is 4.53. The fraction of sp³-hybridized carbons (Fsp3) is 0.455. The lowest BCUT2D eigenvalue weighted by Crippen LogP contribution is -2.23. The number of primary sulfonamides is 1. The predicted molar refractivity (Wildman–Crippen MR) is 74.0 cm³/mol. The van der Waals surface area contributed by atoms with Crippen LogP contribution >= 0.6 is 0 Å². The maximum atomic E-state index is 11.2. The van der Waals surface area contributed by atoms with E-state index in [0.29, 0.717) is 5.69 Å². The molecule has 0 saturated heterocycles. The van der Waals surface area contributed by atoms with Crippen molar-refractivity contribution in [1.29, 1.82) is 0 Å². The van der Waals surface area contributed by atoms with Gasteiger partial charge in [-0.2, -0.15) is 0 Å². The summed E-state index contributed by atoms with van der Waals surface area (Å²) in [6.45, 7) is 1.75. The van der Waals surface area contributed by atoms with Gasteiger partial charge in [-0.05, 0) is 38.2 Å². The number of sulfonamides is 1. The van der Waals surface area contributed by atoms with Gasteiger partial charge in [-0.3, -0.25) is 0 Å². The fourth-order valence-electron chi connectivity index (χ4n) is 1.67. The Hall–Kier alpha value is -1.31. The monoisotopic (exact) mass is 272 g/mol. The van der Waals surface area contributed by atoms with Crippen LogP contribution in [0.4, 0.5) is 11.4 Å². The lowest BCUT2D eigenvalue weighted by atomic mass is 10.2. The summed E-state index contributed by atoms with van der Waals surface area (Å²) in [5.74, 6) is 0. The van der Waals surface area contributed by atoms with Crippen LogP contribution in [0.15, 0.2) is 23.1 Å². The molecule has 7 heteroatoms. The normalized spacial score (nSPS) is 11.5. The van der Waals surface area contributed by atoms with Gasteiger partial charge in [-0.15, -0.1) is 0 Å². The maximum Gasteiger partial charge on any atom is 0.238 e. The van der Waals surface area contributed by atoms with E-state index < -0.39 is 10.0 Å². The minimum absolute atomic E-state index is 0.0346. The van der Waals surface area contributed by atoms with Gasteiger partial charge in [-0.1, -0.05) is 0 Å². The summed E-state index contributed by atoms with van der Waals surface area (Å²) in [4.78, 5) is 2.02. The second kappa shape index (κ2) is 6.03. The summed E-state index contributed by atoms with van der Waals surface area (Å²) < 4.78 is 22.4. The Balaban J connectivity index is 2.85. The average molecular weight is 272 g/mol.